The zero-order chi connectivity index (χ0) is 17.0. The predicted molar refractivity (Wildman–Crippen MR) is 82.6 cm³/mol. The topological polar surface area (TPSA) is 85.1 Å². The Kier molecular flexibility index (Phi) is 5.44. The second-order valence-corrected chi connectivity index (χ2v) is 6.06. The summed E-state index contributed by atoms with van der Waals surface area (Å²) in [6, 6.07) is 6.39. The summed E-state index contributed by atoms with van der Waals surface area (Å²) in [6.45, 7) is 0.145. The molecule has 0 saturated carbocycles. The maximum absolute atomic E-state index is 13.3. The number of pyridine rings is 1. The van der Waals surface area contributed by atoms with Gasteiger partial charge in [0.05, 0.1) is 0 Å². The Hall–Kier alpha value is -2.27. The number of rotatable bonds is 5. The third-order valence-corrected chi connectivity index (χ3v) is 3.85. The van der Waals surface area contributed by atoms with Crippen molar-refractivity contribution in [3.8, 4) is 0 Å². The summed E-state index contributed by atoms with van der Waals surface area (Å²) in [5.41, 5.74) is 5.96. The third kappa shape index (κ3) is 4.36. The molecule has 3 N–H and O–H groups in total. The summed E-state index contributed by atoms with van der Waals surface area (Å²) in [7, 11) is 0. The first-order chi connectivity index (χ1) is 10.9. The van der Waals surface area contributed by atoms with Gasteiger partial charge in [-0.3, -0.25) is 0 Å². The molecule has 0 aliphatic carbocycles. The monoisotopic (exact) mass is 381 g/mol. The average molecular weight is 381 g/mol. The number of nitrogens with one attached hydrogen (secondary N) is 1. The molecule has 1 aromatic heterocycles. The summed E-state index contributed by atoms with van der Waals surface area (Å²) >= 11 is 1.38. The van der Waals surface area contributed by atoms with Crippen LogP contribution in [0.1, 0.15) is 17.0 Å². The fraction of sp³-hybridized carbons (Fsp3) is 0.133. The van der Waals surface area contributed by atoms with Crippen LogP contribution in [0, 0.1) is 11.6 Å². The Morgan fingerprint density at radius 2 is 1.96 bits per heavy atom. The zero-order valence-electron chi connectivity index (χ0n) is 11.9. The second kappa shape index (κ2) is 7.33. The van der Waals surface area contributed by atoms with E-state index in [1.54, 1.807) is 12.3 Å². The first-order valence-electron chi connectivity index (χ1n) is 6.61. The summed E-state index contributed by atoms with van der Waals surface area (Å²) in [4.78, 5) is 27.8. The molecule has 0 spiro atoms. The van der Waals surface area contributed by atoms with Crippen molar-refractivity contribution >= 4 is 33.1 Å². The van der Waals surface area contributed by atoms with Crippen LogP contribution in [0.2, 0.25) is 0 Å². The minimum atomic E-state index is -1.40. The van der Waals surface area contributed by atoms with Crippen LogP contribution in [-0.2, 0) is 16.1 Å². The molecule has 120 valence electrons. The number of benzene rings is 1. The molecule has 5 nitrogen and oxygen atoms in total. The number of primary amides is 1. The normalized spacial score (nSPS) is 11.8. The van der Waals surface area contributed by atoms with Crippen LogP contribution in [-0.4, -0.2) is 33.7 Å². The second-order valence-electron chi connectivity index (χ2n) is 4.82. The van der Waals surface area contributed by atoms with Gasteiger partial charge in [-0.25, -0.2) is 4.39 Å². The first-order valence-corrected chi connectivity index (χ1v) is 7.82. The van der Waals surface area contributed by atoms with Crippen LogP contribution in [0.15, 0.2) is 36.5 Å². The van der Waals surface area contributed by atoms with Crippen molar-refractivity contribution in [1.29, 1.82) is 0 Å². The molecule has 0 bridgehead atoms. The number of halogens is 2. The van der Waals surface area contributed by atoms with Crippen LogP contribution in [0.4, 0.5) is 8.78 Å². The number of carbonyl (C=O) groups excluding carboxylic acids is 2. The maximum atomic E-state index is 13.3. The van der Waals surface area contributed by atoms with Gasteiger partial charge in [-0.2, -0.15) is 0 Å². The van der Waals surface area contributed by atoms with E-state index in [0.29, 0.717) is 0 Å². The van der Waals surface area contributed by atoms with Crippen LogP contribution in [0.5, 0.6) is 0 Å². The van der Waals surface area contributed by atoms with Crippen molar-refractivity contribution in [3.05, 3.63) is 59.3 Å². The van der Waals surface area contributed by atoms with E-state index in [4.69, 9.17) is 5.73 Å². The van der Waals surface area contributed by atoms with Gasteiger partial charge in [0.2, 0.25) is 0 Å². The van der Waals surface area contributed by atoms with E-state index >= 15 is 0 Å². The molecule has 23 heavy (non-hydrogen) atoms. The number of nitrogens with two attached hydrogens (primary N) is 1. The van der Waals surface area contributed by atoms with E-state index in [1.165, 1.54) is 16.9 Å². The van der Waals surface area contributed by atoms with Gasteiger partial charge in [0.15, 0.2) is 0 Å². The van der Waals surface area contributed by atoms with E-state index in [-0.39, 0.29) is 12.1 Å². The molecule has 2 amide bonds. The Labute approximate surface area is 139 Å². The molecule has 2 aromatic rings. The molecule has 2 atom stereocenters. The third-order valence-electron chi connectivity index (χ3n) is 3.14. The van der Waals surface area contributed by atoms with Gasteiger partial charge in [0.1, 0.15) is 0 Å². The molecular formula is C15H14AsF2N3O2. The molecule has 1 unspecified atom stereocenters. The van der Waals surface area contributed by atoms with Crippen molar-refractivity contribution < 1.29 is 18.4 Å². The fourth-order valence-corrected chi connectivity index (χ4v) is 2.33. The standard InChI is InChI=1S/C15H14AsF2N3O2/c16-12-4-1-8(6-20-12)7-21-15(23)13(14(19)22)9-2-3-10(17)11(18)5-9/h1-6,13H,7,16H2,(H2,19,22)(H,21,23)/t13-/m0/s1. The number of hydrogen-bond donors (Lipinski definition) is 2. The van der Waals surface area contributed by atoms with E-state index in [9.17, 15) is 18.4 Å². The van der Waals surface area contributed by atoms with Crippen molar-refractivity contribution in [2.24, 2.45) is 5.73 Å². The molecule has 0 fully saturated rings. The van der Waals surface area contributed by atoms with E-state index in [0.717, 1.165) is 28.2 Å². The Morgan fingerprint density at radius 1 is 1.22 bits per heavy atom. The van der Waals surface area contributed by atoms with Gasteiger partial charge in [-0.1, -0.05) is 0 Å². The fourth-order valence-electron chi connectivity index (χ4n) is 1.97. The van der Waals surface area contributed by atoms with Crippen LogP contribution >= 0.6 is 0 Å². The quantitative estimate of drug-likeness (QED) is 0.541. The van der Waals surface area contributed by atoms with Crippen molar-refractivity contribution in [3.63, 3.8) is 0 Å². The Balaban J connectivity index is 2.13. The minimum absolute atomic E-state index is 0.00127. The molecule has 0 radical (unpaired) electrons. The molecule has 1 aromatic carbocycles. The van der Waals surface area contributed by atoms with Crippen molar-refractivity contribution in [2.75, 3.05) is 0 Å². The van der Waals surface area contributed by atoms with Gasteiger partial charge < -0.3 is 0 Å². The molecule has 0 saturated heterocycles. The van der Waals surface area contributed by atoms with Gasteiger partial charge in [0.25, 0.3) is 0 Å². The van der Waals surface area contributed by atoms with Crippen LogP contribution < -0.4 is 15.5 Å². The van der Waals surface area contributed by atoms with Gasteiger partial charge >= 0.3 is 135 Å². The summed E-state index contributed by atoms with van der Waals surface area (Å²) < 4.78 is 27.2. The number of amides is 2. The zero-order valence-corrected chi connectivity index (χ0v) is 14.3. The van der Waals surface area contributed by atoms with Gasteiger partial charge in [0, 0.05) is 0 Å². The van der Waals surface area contributed by atoms with Crippen molar-refractivity contribution in [1.82, 2.24) is 10.3 Å². The van der Waals surface area contributed by atoms with E-state index < -0.39 is 29.4 Å². The first kappa shape index (κ1) is 17.1. The Bertz CT molecular complexity index is 738. The van der Waals surface area contributed by atoms with Gasteiger partial charge in [-0.05, 0) is 0 Å². The number of carbonyl (C=O) groups is 2. The Morgan fingerprint density at radius 3 is 2.52 bits per heavy atom. The molecule has 0 aliphatic heterocycles. The number of aromatic nitrogens is 1. The number of hydrogen-bond acceptors (Lipinski definition) is 3. The summed E-state index contributed by atoms with van der Waals surface area (Å²) in [5, 5.41) is 2.54. The molecule has 8 heteroatoms. The average Bonchev–Trinajstić information content (AvgIpc) is 2.50. The van der Waals surface area contributed by atoms with Gasteiger partial charge in [-0.15, -0.1) is 0 Å². The van der Waals surface area contributed by atoms with Crippen LogP contribution in [0.25, 0.3) is 0 Å². The van der Waals surface area contributed by atoms with Crippen LogP contribution in [0.3, 0.4) is 0 Å². The molecule has 2 rings (SSSR count). The molecule has 0 aliphatic rings. The van der Waals surface area contributed by atoms with E-state index in [1.807, 2.05) is 6.07 Å². The molecule has 1 heterocycles. The number of nitrogens with zero attached hydrogens (tertiary/aromatic N) is 1. The van der Waals surface area contributed by atoms with Crippen molar-refractivity contribution in [2.45, 2.75) is 12.5 Å². The van der Waals surface area contributed by atoms with E-state index in [2.05, 4.69) is 10.3 Å². The SMILES string of the molecule is NC(=O)[C@@H](C(=O)NCc1ccc([AsH2])nc1)c1ccc(F)c(F)c1. The summed E-state index contributed by atoms with van der Waals surface area (Å²) in [5.74, 6) is -5.24. The molecular weight excluding hydrogens is 367 g/mol. The summed E-state index contributed by atoms with van der Waals surface area (Å²) in [6.07, 6.45) is 1.61. The predicted octanol–water partition coefficient (Wildman–Crippen LogP) is -0.496.